The summed E-state index contributed by atoms with van der Waals surface area (Å²) in [6.07, 6.45) is 6.42. The van der Waals surface area contributed by atoms with Crippen molar-refractivity contribution in [1.82, 2.24) is 5.32 Å². The molecule has 1 N–H and O–H groups in total. The van der Waals surface area contributed by atoms with Crippen LogP contribution in [0.15, 0.2) is 0 Å². The lowest BCUT2D eigenvalue weighted by molar-refractivity contribution is 0.438. The van der Waals surface area contributed by atoms with Crippen LogP contribution in [0.4, 0.5) is 0 Å². The molecule has 0 saturated carbocycles. The summed E-state index contributed by atoms with van der Waals surface area (Å²) >= 11 is 0. The maximum absolute atomic E-state index is 3.28. The Morgan fingerprint density at radius 2 is 1.69 bits per heavy atom. The zero-order chi connectivity index (χ0) is 12.4. The topological polar surface area (TPSA) is 12.0 Å². The summed E-state index contributed by atoms with van der Waals surface area (Å²) in [7, 11) is 1.95. The lowest BCUT2D eigenvalue weighted by atomic mass is 9.95. The molecular weight excluding hydrogens is 194 g/mol. The monoisotopic (exact) mass is 223 g/mol. The Morgan fingerprint density at radius 1 is 1.06 bits per heavy atom. The highest BCUT2D eigenvalue weighted by molar-refractivity contribution is 5.06. The summed E-state index contributed by atoms with van der Waals surface area (Å²) in [4.78, 5) is 0. The number of rotatable bonds is 7. The molecule has 0 aromatic rings. The molecule has 0 aliphatic rings. The van der Waals surface area contributed by atoms with Gasteiger partial charge in [-0.3, -0.25) is 0 Å². The van der Waals surface area contributed by atoms with Gasteiger partial charge in [-0.1, -0.05) is 46.0 Å². The summed E-state index contributed by atoms with van der Waals surface area (Å²) in [5.41, 5.74) is 0. The van der Waals surface area contributed by atoms with Crippen molar-refractivity contribution in [2.24, 2.45) is 11.8 Å². The molecule has 0 bridgehead atoms. The summed E-state index contributed by atoms with van der Waals surface area (Å²) in [5.74, 6) is 8.13. The largest absolute Gasteiger partial charge is 0.307 e. The van der Waals surface area contributed by atoms with E-state index in [0.717, 1.165) is 18.3 Å². The second-order valence-electron chi connectivity index (χ2n) is 5.09. The van der Waals surface area contributed by atoms with Crippen molar-refractivity contribution < 1.29 is 0 Å². The van der Waals surface area contributed by atoms with Gasteiger partial charge in [0.1, 0.15) is 0 Å². The molecule has 0 spiro atoms. The second kappa shape index (κ2) is 9.73. The third kappa shape index (κ3) is 8.80. The van der Waals surface area contributed by atoms with E-state index in [-0.39, 0.29) is 0 Å². The van der Waals surface area contributed by atoms with E-state index in [1.165, 1.54) is 25.7 Å². The maximum Gasteiger partial charge on any atom is 0.0658 e. The van der Waals surface area contributed by atoms with Crippen molar-refractivity contribution in [2.75, 3.05) is 7.05 Å². The third-order valence-electron chi connectivity index (χ3n) is 3.29. The smallest absolute Gasteiger partial charge is 0.0658 e. The Kier molecular flexibility index (Phi) is 9.43. The van der Waals surface area contributed by atoms with Gasteiger partial charge in [0.05, 0.1) is 6.04 Å². The molecule has 0 heterocycles. The molecule has 0 amide bonds. The van der Waals surface area contributed by atoms with Crippen LogP contribution in [0, 0.1) is 23.7 Å². The van der Waals surface area contributed by atoms with Gasteiger partial charge in [0, 0.05) is 6.42 Å². The first-order valence-electron chi connectivity index (χ1n) is 6.75. The predicted molar refractivity (Wildman–Crippen MR) is 73.4 cm³/mol. The lowest BCUT2D eigenvalue weighted by Gasteiger charge is -2.10. The van der Waals surface area contributed by atoms with Crippen molar-refractivity contribution in [3.05, 3.63) is 0 Å². The second-order valence-corrected chi connectivity index (χ2v) is 5.09. The Bertz CT molecular complexity index is 211. The average molecular weight is 223 g/mol. The van der Waals surface area contributed by atoms with Crippen molar-refractivity contribution in [3.63, 3.8) is 0 Å². The molecule has 0 radical (unpaired) electrons. The molecule has 0 aliphatic carbocycles. The highest BCUT2D eigenvalue weighted by Crippen LogP contribution is 2.16. The first-order valence-corrected chi connectivity index (χ1v) is 6.75. The summed E-state index contributed by atoms with van der Waals surface area (Å²) < 4.78 is 0. The van der Waals surface area contributed by atoms with Crippen LogP contribution in [-0.4, -0.2) is 13.1 Å². The standard InChI is InChI=1S/C15H29N/c1-6-13(2)9-7-10-14(3)11-8-12-15(4)16-5/h13-16H,6-7,9-11H2,1-5H3. The van der Waals surface area contributed by atoms with Gasteiger partial charge in [0.15, 0.2) is 0 Å². The van der Waals surface area contributed by atoms with Crippen LogP contribution < -0.4 is 5.32 Å². The number of nitrogens with one attached hydrogen (secondary N) is 1. The van der Waals surface area contributed by atoms with E-state index in [4.69, 9.17) is 0 Å². The van der Waals surface area contributed by atoms with Crippen LogP contribution in [0.25, 0.3) is 0 Å². The fourth-order valence-electron chi connectivity index (χ4n) is 1.58. The van der Waals surface area contributed by atoms with E-state index in [0.29, 0.717) is 6.04 Å². The molecule has 1 nitrogen and oxygen atoms in total. The first kappa shape index (κ1) is 15.5. The van der Waals surface area contributed by atoms with Gasteiger partial charge in [0.2, 0.25) is 0 Å². The Morgan fingerprint density at radius 3 is 2.25 bits per heavy atom. The van der Waals surface area contributed by atoms with Gasteiger partial charge in [-0.05, 0) is 32.2 Å². The first-order chi connectivity index (χ1) is 7.60. The van der Waals surface area contributed by atoms with Gasteiger partial charge in [-0.25, -0.2) is 0 Å². The molecule has 0 rings (SSSR count). The Labute approximate surface area is 102 Å². The van der Waals surface area contributed by atoms with Gasteiger partial charge in [0.25, 0.3) is 0 Å². The molecule has 16 heavy (non-hydrogen) atoms. The van der Waals surface area contributed by atoms with Gasteiger partial charge in [-0.2, -0.15) is 0 Å². The number of hydrogen-bond acceptors (Lipinski definition) is 1. The van der Waals surface area contributed by atoms with Crippen LogP contribution in [0.3, 0.4) is 0 Å². The Balaban J connectivity index is 3.57. The molecule has 0 aromatic heterocycles. The highest BCUT2D eigenvalue weighted by atomic mass is 14.8. The van der Waals surface area contributed by atoms with Crippen LogP contribution >= 0.6 is 0 Å². The molecular formula is C15H29N. The van der Waals surface area contributed by atoms with E-state index in [1.807, 2.05) is 7.05 Å². The van der Waals surface area contributed by atoms with Crippen molar-refractivity contribution in [2.45, 2.75) is 65.8 Å². The molecule has 0 saturated heterocycles. The zero-order valence-electron chi connectivity index (χ0n) is 11.8. The van der Waals surface area contributed by atoms with Crippen LogP contribution in [0.2, 0.25) is 0 Å². The number of hydrogen-bond donors (Lipinski definition) is 1. The minimum absolute atomic E-state index is 0.326. The summed E-state index contributed by atoms with van der Waals surface area (Å²) in [6, 6.07) is 0.326. The van der Waals surface area contributed by atoms with Crippen molar-refractivity contribution >= 4 is 0 Å². The van der Waals surface area contributed by atoms with Gasteiger partial charge in [-0.15, -0.1) is 5.92 Å². The normalized spacial score (nSPS) is 16.1. The summed E-state index contributed by atoms with van der Waals surface area (Å²) in [6.45, 7) is 9.04. The van der Waals surface area contributed by atoms with E-state index >= 15 is 0 Å². The molecule has 3 unspecified atom stereocenters. The Hall–Kier alpha value is -0.480. The third-order valence-corrected chi connectivity index (χ3v) is 3.29. The van der Waals surface area contributed by atoms with Gasteiger partial charge >= 0.3 is 0 Å². The molecule has 1 heteroatoms. The lowest BCUT2D eigenvalue weighted by Crippen LogP contribution is -2.18. The van der Waals surface area contributed by atoms with Crippen LogP contribution in [0.1, 0.15) is 59.8 Å². The van der Waals surface area contributed by atoms with Crippen molar-refractivity contribution in [1.29, 1.82) is 0 Å². The molecule has 0 fully saturated rings. The fraction of sp³-hybridized carbons (Fsp3) is 0.867. The van der Waals surface area contributed by atoms with E-state index < -0.39 is 0 Å². The minimum Gasteiger partial charge on any atom is -0.307 e. The fourth-order valence-corrected chi connectivity index (χ4v) is 1.58. The predicted octanol–water partition coefficient (Wildman–Crippen LogP) is 3.84. The van der Waals surface area contributed by atoms with Crippen LogP contribution in [0.5, 0.6) is 0 Å². The van der Waals surface area contributed by atoms with E-state index in [9.17, 15) is 0 Å². The summed E-state index contributed by atoms with van der Waals surface area (Å²) in [5, 5.41) is 3.13. The average Bonchev–Trinajstić information content (AvgIpc) is 2.28. The molecule has 0 aliphatic heterocycles. The molecule has 3 atom stereocenters. The van der Waals surface area contributed by atoms with E-state index in [1.54, 1.807) is 0 Å². The zero-order valence-corrected chi connectivity index (χ0v) is 11.8. The maximum atomic E-state index is 3.28. The van der Waals surface area contributed by atoms with Gasteiger partial charge < -0.3 is 5.32 Å². The minimum atomic E-state index is 0.326. The quantitative estimate of drug-likeness (QED) is 0.647. The SMILES string of the molecule is CCC(C)CCCC(C)CC#CC(C)NC. The molecule has 94 valence electrons. The highest BCUT2D eigenvalue weighted by Gasteiger charge is 2.02. The molecule has 0 aromatic carbocycles. The van der Waals surface area contributed by atoms with E-state index in [2.05, 4.69) is 44.9 Å². The van der Waals surface area contributed by atoms with Crippen LogP contribution in [-0.2, 0) is 0 Å². The van der Waals surface area contributed by atoms with Crippen molar-refractivity contribution in [3.8, 4) is 11.8 Å².